The highest BCUT2D eigenvalue weighted by molar-refractivity contribution is 5.76. The number of anilines is 1. The third-order valence-electron chi connectivity index (χ3n) is 3.99. The Hall–Kier alpha value is -1.55. The largest absolute Gasteiger partial charge is 0.439 e. The fourth-order valence-corrected chi connectivity index (χ4v) is 2.80. The molecule has 1 aromatic heterocycles. The summed E-state index contributed by atoms with van der Waals surface area (Å²) in [5.41, 5.74) is 8.17. The lowest BCUT2D eigenvalue weighted by Crippen LogP contribution is -2.32. The topological polar surface area (TPSA) is 55.3 Å². The van der Waals surface area contributed by atoms with Crippen LogP contribution >= 0.6 is 0 Å². The number of nitrogens with two attached hydrogens (primary N) is 1. The average molecular weight is 259 g/mol. The molecule has 3 rings (SSSR count). The van der Waals surface area contributed by atoms with E-state index in [-0.39, 0.29) is 0 Å². The highest BCUT2D eigenvalue weighted by Gasteiger charge is 2.19. The monoisotopic (exact) mass is 259 g/mol. The highest BCUT2D eigenvalue weighted by Crippen LogP contribution is 2.22. The van der Waals surface area contributed by atoms with E-state index in [0.717, 1.165) is 35.8 Å². The number of hydrogen-bond acceptors (Lipinski definition) is 4. The van der Waals surface area contributed by atoms with E-state index < -0.39 is 0 Å². The summed E-state index contributed by atoms with van der Waals surface area (Å²) in [6.45, 7) is 4.24. The first-order valence-corrected chi connectivity index (χ1v) is 7.11. The number of nitrogens with zero attached hydrogens (tertiary/aromatic N) is 2. The molecule has 2 N–H and O–H groups in total. The molecule has 2 aromatic rings. The number of rotatable bonds is 2. The number of oxazole rings is 1. The maximum Gasteiger partial charge on any atom is 0.209 e. The lowest BCUT2D eigenvalue weighted by atomic mass is 10.1. The van der Waals surface area contributed by atoms with Crippen LogP contribution < -0.4 is 5.73 Å². The van der Waals surface area contributed by atoms with Crippen molar-refractivity contribution in [2.45, 2.75) is 45.2 Å². The minimum atomic E-state index is 0.614. The number of likely N-dealkylation sites (tertiary alicyclic amines) is 1. The van der Waals surface area contributed by atoms with Crippen molar-refractivity contribution in [2.75, 3.05) is 12.3 Å². The van der Waals surface area contributed by atoms with Crippen molar-refractivity contribution in [1.29, 1.82) is 0 Å². The summed E-state index contributed by atoms with van der Waals surface area (Å²) in [5.74, 6) is 0.800. The van der Waals surface area contributed by atoms with Gasteiger partial charge in [0.2, 0.25) is 5.89 Å². The number of fused-ring (bicyclic) bond motifs is 1. The summed E-state index contributed by atoms with van der Waals surface area (Å²) in [5, 5.41) is 0. The molecule has 0 aliphatic carbocycles. The van der Waals surface area contributed by atoms with Gasteiger partial charge in [-0.15, -0.1) is 0 Å². The van der Waals surface area contributed by atoms with Crippen molar-refractivity contribution in [3.8, 4) is 0 Å². The average Bonchev–Trinajstić information content (AvgIpc) is 2.66. The first kappa shape index (κ1) is 12.5. The Balaban J connectivity index is 1.80. The molecule has 1 unspecified atom stereocenters. The van der Waals surface area contributed by atoms with Gasteiger partial charge in [-0.3, -0.25) is 4.90 Å². The third kappa shape index (κ3) is 2.73. The van der Waals surface area contributed by atoms with Crippen molar-refractivity contribution in [1.82, 2.24) is 9.88 Å². The Bertz CT molecular complexity index is 564. The quantitative estimate of drug-likeness (QED) is 0.842. The van der Waals surface area contributed by atoms with Gasteiger partial charge in [-0.05, 0) is 38.4 Å². The van der Waals surface area contributed by atoms with E-state index in [1.807, 2.05) is 18.2 Å². The van der Waals surface area contributed by atoms with Crippen LogP contribution in [0.3, 0.4) is 0 Å². The minimum absolute atomic E-state index is 0.614. The molecule has 19 heavy (non-hydrogen) atoms. The molecule has 1 aromatic carbocycles. The van der Waals surface area contributed by atoms with Crippen LogP contribution in [0.2, 0.25) is 0 Å². The van der Waals surface area contributed by atoms with Crippen molar-refractivity contribution >= 4 is 16.8 Å². The molecular weight excluding hydrogens is 238 g/mol. The lowest BCUT2D eigenvalue weighted by molar-refractivity contribution is 0.187. The fraction of sp³-hybridized carbons (Fsp3) is 0.533. The summed E-state index contributed by atoms with van der Waals surface area (Å²) in [4.78, 5) is 7.02. The molecular formula is C15H21N3O. The van der Waals surface area contributed by atoms with Gasteiger partial charge in [0, 0.05) is 17.8 Å². The van der Waals surface area contributed by atoms with Gasteiger partial charge in [0.05, 0.1) is 6.54 Å². The maximum absolute atomic E-state index is 5.81. The van der Waals surface area contributed by atoms with Gasteiger partial charge in [0.1, 0.15) is 5.52 Å². The molecule has 102 valence electrons. The molecule has 1 fully saturated rings. The van der Waals surface area contributed by atoms with Gasteiger partial charge in [-0.1, -0.05) is 12.8 Å². The molecule has 1 atom stereocenters. The van der Waals surface area contributed by atoms with Gasteiger partial charge in [-0.2, -0.15) is 0 Å². The highest BCUT2D eigenvalue weighted by atomic mass is 16.3. The first-order chi connectivity index (χ1) is 9.22. The fourth-order valence-electron chi connectivity index (χ4n) is 2.80. The molecule has 2 heterocycles. The van der Waals surface area contributed by atoms with Crippen LogP contribution in [0.1, 0.15) is 38.5 Å². The van der Waals surface area contributed by atoms with E-state index in [2.05, 4.69) is 16.8 Å². The standard InChI is InChI=1S/C15H21N3O/c1-11-5-3-2-4-8-18(11)10-15-17-13-7-6-12(16)9-14(13)19-15/h6-7,9,11H,2-5,8,10,16H2,1H3. The molecule has 1 aliphatic rings. The van der Waals surface area contributed by atoms with Crippen LogP contribution in [-0.2, 0) is 6.54 Å². The lowest BCUT2D eigenvalue weighted by Gasteiger charge is -2.25. The predicted octanol–water partition coefficient (Wildman–Crippen LogP) is 3.17. The van der Waals surface area contributed by atoms with Crippen molar-refractivity contribution in [3.63, 3.8) is 0 Å². The smallest absolute Gasteiger partial charge is 0.209 e. The second-order valence-electron chi connectivity index (χ2n) is 5.50. The van der Waals surface area contributed by atoms with Crippen LogP contribution in [0.15, 0.2) is 22.6 Å². The van der Waals surface area contributed by atoms with E-state index in [4.69, 9.17) is 10.2 Å². The van der Waals surface area contributed by atoms with Crippen LogP contribution in [0.4, 0.5) is 5.69 Å². The van der Waals surface area contributed by atoms with Crippen molar-refractivity contribution in [3.05, 3.63) is 24.1 Å². The molecule has 4 heteroatoms. The number of nitrogen functional groups attached to an aromatic ring is 1. The van der Waals surface area contributed by atoms with Crippen LogP contribution in [0, 0.1) is 0 Å². The minimum Gasteiger partial charge on any atom is -0.439 e. The first-order valence-electron chi connectivity index (χ1n) is 7.11. The Morgan fingerprint density at radius 1 is 1.37 bits per heavy atom. The second-order valence-corrected chi connectivity index (χ2v) is 5.50. The third-order valence-corrected chi connectivity index (χ3v) is 3.99. The van der Waals surface area contributed by atoms with Crippen molar-refractivity contribution < 1.29 is 4.42 Å². The number of aromatic nitrogens is 1. The van der Waals surface area contributed by atoms with Gasteiger partial charge < -0.3 is 10.2 Å². The van der Waals surface area contributed by atoms with Crippen LogP contribution in [0.5, 0.6) is 0 Å². The van der Waals surface area contributed by atoms with E-state index in [0.29, 0.717) is 6.04 Å². The van der Waals surface area contributed by atoms with E-state index in [1.54, 1.807) is 0 Å². The molecule has 4 nitrogen and oxygen atoms in total. The predicted molar refractivity (Wildman–Crippen MR) is 76.8 cm³/mol. The Labute approximate surface area is 113 Å². The Morgan fingerprint density at radius 3 is 3.16 bits per heavy atom. The summed E-state index contributed by atoms with van der Waals surface area (Å²) >= 11 is 0. The van der Waals surface area contributed by atoms with E-state index in [1.165, 1.54) is 25.7 Å². The maximum atomic E-state index is 5.81. The Kier molecular flexibility index (Phi) is 3.42. The summed E-state index contributed by atoms with van der Waals surface area (Å²) in [6.07, 6.45) is 5.22. The summed E-state index contributed by atoms with van der Waals surface area (Å²) in [6, 6.07) is 6.24. The molecule has 0 radical (unpaired) electrons. The van der Waals surface area contributed by atoms with Gasteiger partial charge in [0.15, 0.2) is 5.58 Å². The summed E-state index contributed by atoms with van der Waals surface area (Å²) < 4.78 is 5.81. The van der Waals surface area contributed by atoms with Crippen LogP contribution in [-0.4, -0.2) is 22.5 Å². The SMILES string of the molecule is CC1CCCCCN1Cc1nc2ccc(N)cc2o1. The molecule has 0 saturated carbocycles. The zero-order chi connectivity index (χ0) is 13.2. The zero-order valence-corrected chi connectivity index (χ0v) is 11.4. The molecule has 0 spiro atoms. The van der Waals surface area contributed by atoms with Gasteiger partial charge >= 0.3 is 0 Å². The number of hydrogen-bond donors (Lipinski definition) is 1. The summed E-state index contributed by atoms with van der Waals surface area (Å²) in [7, 11) is 0. The molecule has 1 aliphatic heterocycles. The Morgan fingerprint density at radius 2 is 2.26 bits per heavy atom. The molecule has 0 bridgehead atoms. The van der Waals surface area contributed by atoms with Crippen molar-refractivity contribution in [2.24, 2.45) is 0 Å². The second kappa shape index (κ2) is 5.21. The zero-order valence-electron chi connectivity index (χ0n) is 11.4. The van der Waals surface area contributed by atoms with Crippen LogP contribution in [0.25, 0.3) is 11.1 Å². The normalized spacial score (nSPS) is 21.6. The van der Waals surface area contributed by atoms with E-state index >= 15 is 0 Å². The molecule has 0 amide bonds. The van der Waals surface area contributed by atoms with Gasteiger partial charge in [0.25, 0.3) is 0 Å². The van der Waals surface area contributed by atoms with Gasteiger partial charge in [-0.25, -0.2) is 4.98 Å². The molecule has 1 saturated heterocycles. The number of benzene rings is 1. The van der Waals surface area contributed by atoms with E-state index in [9.17, 15) is 0 Å².